The van der Waals surface area contributed by atoms with Gasteiger partial charge in [-0.25, -0.2) is 0 Å². The van der Waals surface area contributed by atoms with Gasteiger partial charge in [-0.3, -0.25) is 9.59 Å². The van der Waals surface area contributed by atoms with Crippen LogP contribution < -0.4 is 0 Å². The second-order valence-electron chi connectivity index (χ2n) is 9.69. The van der Waals surface area contributed by atoms with Crippen molar-refractivity contribution in [1.29, 1.82) is 0 Å². The molecule has 0 aromatic rings. The van der Waals surface area contributed by atoms with Gasteiger partial charge in [-0.05, 0) is 32.1 Å². The number of esters is 2. The van der Waals surface area contributed by atoms with Gasteiger partial charge in [0.2, 0.25) is 0 Å². The van der Waals surface area contributed by atoms with E-state index in [9.17, 15) is 9.59 Å². The Morgan fingerprint density at radius 3 is 1.55 bits per heavy atom. The molecule has 4 heteroatoms. The minimum atomic E-state index is -0.0222. The first kappa shape index (κ1) is 31.9. The number of carbonyl (C=O) groups is 2. The van der Waals surface area contributed by atoms with Crippen molar-refractivity contribution in [2.75, 3.05) is 13.2 Å². The summed E-state index contributed by atoms with van der Waals surface area (Å²) in [6.07, 6.45) is 23.6. The predicted octanol–water partition coefficient (Wildman–Crippen LogP) is 8.94. The van der Waals surface area contributed by atoms with E-state index in [0.717, 1.165) is 44.9 Å². The normalized spacial score (nSPS) is 12.0. The van der Waals surface area contributed by atoms with E-state index in [4.69, 9.17) is 9.47 Å². The Labute approximate surface area is 206 Å². The highest BCUT2D eigenvalue weighted by atomic mass is 16.5. The molecule has 0 heterocycles. The number of carbonyl (C=O) groups excluding carboxylic acids is 2. The van der Waals surface area contributed by atoms with E-state index in [1.807, 2.05) is 0 Å². The van der Waals surface area contributed by atoms with E-state index in [1.54, 1.807) is 0 Å². The molecular formula is C29H56O4. The van der Waals surface area contributed by atoms with E-state index in [-0.39, 0.29) is 17.9 Å². The quantitative estimate of drug-likeness (QED) is 0.0991. The highest BCUT2D eigenvalue weighted by molar-refractivity contribution is 5.72. The van der Waals surface area contributed by atoms with Crippen molar-refractivity contribution in [3.63, 3.8) is 0 Å². The highest BCUT2D eigenvalue weighted by Crippen LogP contribution is 2.18. The largest absolute Gasteiger partial charge is 0.466 e. The zero-order chi connectivity index (χ0) is 24.4. The maximum absolute atomic E-state index is 12.2. The molecule has 0 aliphatic rings. The lowest BCUT2D eigenvalue weighted by Crippen LogP contribution is -2.17. The lowest BCUT2D eigenvalue weighted by Gasteiger charge is -2.14. The third kappa shape index (κ3) is 22.5. The molecule has 0 aliphatic heterocycles. The van der Waals surface area contributed by atoms with Crippen LogP contribution in [-0.2, 0) is 19.1 Å². The molecule has 0 amide bonds. The Morgan fingerprint density at radius 1 is 0.545 bits per heavy atom. The Balaban J connectivity index is 3.47. The Morgan fingerprint density at radius 2 is 1.00 bits per heavy atom. The molecule has 0 saturated heterocycles. The zero-order valence-corrected chi connectivity index (χ0v) is 22.5. The molecular weight excluding hydrogens is 412 g/mol. The van der Waals surface area contributed by atoms with Gasteiger partial charge in [-0.15, -0.1) is 0 Å². The van der Waals surface area contributed by atoms with Crippen LogP contribution in [0.5, 0.6) is 0 Å². The van der Waals surface area contributed by atoms with Crippen LogP contribution in [-0.4, -0.2) is 25.2 Å². The van der Waals surface area contributed by atoms with Crippen molar-refractivity contribution >= 4 is 11.9 Å². The highest BCUT2D eigenvalue weighted by Gasteiger charge is 2.17. The summed E-state index contributed by atoms with van der Waals surface area (Å²) >= 11 is 0. The van der Waals surface area contributed by atoms with Crippen molar-refractivity contribution in [2.45, 2.75) is 156 Å². The van der Waals surface area contributed by atoms with Gasteiger partial charge in [0, 0.05) is 6.42 Å². The van der Waals surface area contributed by atoms with E-state index in [0.29, 0.717) is 19.6 Å². The van der Waals surface area contributed by atoms with Gasteiger partial charge in [0.05, 0.1) is 19.1 Å². The van der Waals surface area contributed by atoms with Crippen LogP contribution in [0.1, 0.15) is 156 Å². The van der Waals surface area contributed by atoms with Crippen LogP contribution in [0.2, 0.25) is 0 Å². The van der Waals surface area contributed by atoms with Gasteiger partial charge in [0.15, 0.2) is 0 Å². The second kappa shape index (κ2) is 25.6. The van der Waals surface area contributed by atoms with Crippen molar-refractivity contribution in [3.8, 4) is 0 Å². The summed E-state index contributed by atoms with van der Waals surface area (Å²) in [6.45, 7) is 7.70. The number of unbranched alkanes of at least 4 members (excludes halogenated alkanes) is 15. The van der Waals surface area contributed by atoms with Crippen LogP contribution in [0, 0.1) is 5.92 Å². The Hall–Kier alpha value is -1.06. The fraction of sp³-hybridized carbons (Fsp3) is 0.931. The molecule has 0 radical (unpaired) electrons. The number of rotatable bonds is 25. The Kier molecular flexibility index (Phi) is 24.7. The van der Waals surface area contributed by atoms with Crippen LogP contribution in [0.4, 0.5) is 0 Å². The van der Waals surface area contributed by atoms with Crippen LogP contribution in [0.3, 0.4) is 0 Å². The molecule has 0 N–H and O–H groups in total. The summed E-state index contributed by atoms with van der Waals surface area (Å²) in [7, 11) is 0. The number of hydrogen-bond acceptors (Lipinski definition) is 4. The molecule has 0 aromatic heterocycles. The van der Waals surface area contributed by atoms with Gasteiger partial charge < -0.3 is 9.47 Å². The fourth-order valence-corrected chi connectivity index (χ4v) is 4.17. The summed E-state index contributed by atoms with van der Waals surface area (Å²) in [6, 6.07) is 0. The fourth-order valence-electron chi connectivity index (χ4n) is 4.17. The summed E-state index contributed by atoms with van der Waals surface area (Å²) in [5, 5.41) is 0. The third-order valence-electron chi connectivity index (χ3n) is 6.51. The van der Waals surface area contributed by atoms with Gasteiger partial charge in [0.25, 0.3) is 0 Å². The first-order valence-electron chi connectivity index (χ1n) is 14.5. The van der Waals surface area contributed by atoms with Crippen LogP contribution in [0.15, 0.2) is 0 Å². The first-order valence-corrected chi connectivity index (χ1v) is 14.5. The van der Waals surface area contributed by atoms with Crippen molar-refractivity contribution < 1.29 is 19.1 Å². The number of hydrogen-bond donors (Lipinski definition) is 0. The van der Waals surface area contributed by atoms with Gasteiger partial charge in [0.1, 0.15) is 0 Å². The SMILES string of the molecule is CCCCCCCOC(=O)CCCCCCCCCCC(CC)C(=O)OCCCCCCC. The second-order valence-corrected chi connectivity index (χ2v) is 9.69. The molecule has 0 saturated carbocycles. The minimum absolute atomic E-state index is 0.0167. The predicted molar refractivity (Wildman–Crippen MR) is 139 cm³/mol. The smallest absolute Gasteiger partial charge is 0.308 e. The summed E-state index contributed by atoms with van der Waals surface area (Å²) < 4.78 is 10.8. The van der Waals surface area contributed by atoms with Gasteiger partial charge in [-0.1, -0.05) is 117 Å². The van der Waals surface area contributed by atoms with Crippen molar-refractivity contribution in [2.24, 2.45) is 5.92 Å². The first-order chi connectivity index (χ1) is 16.2. The molecule has 196 valence electrons. The third-order valence-corrected chi connectivity index (χ3v) is 6.51. The molecule has 0 spiro atoms. The van der Waals surface area contributed by atoms with E-state index in [1.165, 1.54) is 83.5 Å². The molecule has 1 unspecified atom stereocenters. The standard InChI is InChI=1S/C29H56O4/c1-4-7-9-17-21-25-32-28(30)24-20-16-14-12-11-13-15-19-23-27(6-3)29(31)33-26-22-18-10-8-5-2/h27H,4-26H2,1-3H3. The molecule has 4 nitrogen and oxygen atoms in total. The lowest BCUT2D eigenvalue weighted by molar-refractivity contribution is -0.149. The lowest BCUT2D eigenvalue weighted by atomic mass is 9.98. The maximum atomic E-state index is 12.2. The molecule has 0 fully saturated rings. The van der Waals surface area contributed by atoms with E-state index < -0.39 is 0 Å². The average molecular weight is 469 g/mol. The summed E-state index contributed by atoms with van der Waals surface area (Å²) in [5.74, 6) is 0.0748. The monoisotopic (exact) mass is 468 g/mol. The van der Waals surface area contributed by atoms with E-state index >= 15 is 0 Å². The summed E-state index contributed by atoms with van der Waals surface area (Å²) in [4.78, 5) is 24.0. The minimum Gasteiger partial charge on any atom is -0.466 e. The molecule has 33 heavy (non-hydrogen) atoms. The summed E-state index contributed by atoms with van der Waals surface area (Å²) in [5.41, 5.74) is 0. The molecule has 0 bridgehead atoms. The molecule has 0 aliphatic carbocycles. The average Bonchev–Trinajstić information content (AvgIpc) is 2.82. The van der Waals surface area contributed by atoms with Crippen molar-refractivity contribution in [3.05, 3.63) is 0 Å². The maximum Gasteiger partial charge on any atom is 0.308 e. The van der Waals surface area contributed by atoms with Crippen LogP contribution >= 0.6 is 0 Å². The van der Waals surface area contributed by atoms with Crippen LogP contribution in [0.25, 0.3) is 0 Å². The zero-order valence-electron chi connectivity index (χ0n) is 22.5. The topological polar surface area (TPSA) is 52.6 Å². The molecule has 0 rings (SSSR count). The van der Waals surface area contributed by atoms with E-state index in [2.05, 4.69) is 20.8 Å². The Bertz CT molecular complexity index is 435. The molecule has 1 atom stereocenters. The molecule has 0 aromatic carbocycles. The number of ether oxygens (including phenoxy) is 2. The van der Waals surface area contributed by atoms with Crippen molar-refractivity contribution in [1.82, 2.24) is 0 Å². The van der Waals surface area contributed by atoms with Gasteiger partial charge in [-0.2, -0.15) is 0 Å². The van der Waals surface area contributed by atoms with Gasteiger partial charge >= 0.3 is 11.9 Å².